The zero-order valence-corrected chi connectivity index (χ0v) is 13.5. The van der Waals surface area contributed by atoms with E-state index in [2.05, 4.69) is 15.3 Å². The second-order valence-electron chi connectivity index (χ2n) is 5.55. The quantitative estimate of drug-likeness (QED) is 0.647. The standard InChI is InChI=1S/C18H20N4O2/c1-12-2-4-14(9-17(12)24-7-6-19)18(23)20-10-13-3-5-15-16(8-13)22-11-21-15/h2-5,8-9,11H,6-7,10,19H2,1H3,(H,20,23)(H,21,22). The lowest BCUT2D eigenvalue weighted by Crippen LogP contribution is -2.23. The number of nitrogens with one attached hydrogen (secondary N) is 2. The fourth-order valence-corrected chi connectivity index (χ4v) is 2.44. The van der Waals surface area contributed by atoms with Crippen LogP contribution in [0.25, 0.3) is 11.0 Å². The third kappa shape index (κ3) is 3.55. The van der Waals surface area contributed by atoms with Gasteiger partial charge in [-0.1, -0.05) is 12.1 Å². The number of aromatic nitrogens is 2. The molecule has 0 spiro atoms. The number of aromatic amines is 1. The molecular formula is C18H20N4O2. The normalized spacial score (nSPS) is 10.8. The molecule has 2 aromatic carbocycles. The van der Waals surface area contributed by atoms with E-state index in [0.717, 1.165) is 22.2 Å². The minimum Gasteiger partial charge on any atom is -0.492 e. The van der Waals surface area contributed by atoms with E-state index in [4.69, 9.17) is 10.5 Å². The topological polar surface area (TPSA) is 93.0 Å². The third-order valence-corrected chi connectivity index (χ3v) is 3.76. The molecule has 0 saturated heterocycles. The molecule has 0 aliphatic carbocycles. The van der Waals surface area contributed by atoms with Crippen LogP contribution in [0.15, 0.2) is 42.7 Å². The van der Waals surface area contributed by atoms with Crippen molar-refractivity contribution in [1.82, 2.24) is 15.3 Å². The van der Waals surface area contributed by atoms with E-state index in [1.54, 1.807) is 18.5 Å². The number of hydrogen-bond donors (Lipinski definition) is 3. The van der Waals surface area contributed by atoms with Gasteiger partial charge in [0.15, 0.2) is 0 Å². The van der Waals surface area contributed by atoms with Crippen molar-refractivity contribution in [2.75, 3.05) is 13.2 Å². The van der Waals surface area contributed by atoms with Crippen molar-refractivity contribution in [2.24, 2.45) is 5.73 Å². The van der Waals surface area contributed by atoms with Crippen molar-refractivity contribution in [1.29, 1.82) is 0 Å². The minimum absolute atomic E-state index is 0.141. The number of fused-ring (bicyclic) bond motifs is 1. The average molecular weight is 324 g/mol. The number of aryl methyl sites for hydroxylation is 1. The Balaban J connectivity index is 1.67. The Kier molecular flexibility index (Phi) is 4.77. The molecule has 1 aromatic heterocycles. The number of hydrogen-bond acceptors (Lipinski definition) is 4. The Hall–Kier alpha value is -2.86. The number of imidazole rings is 1. The van der Waals surface area contributed by atoms with Crippen molar-refractivity contribution >= 4 is 16.9 Å². The molecule has 6 nitrogen and oxygen atoms in total. The number of amides is 1. The molecule has 0 aliphatic heterocycles. The van der Waals surface area contributed by atoms with Crippen molar-refractivity contribution in [3.8, 4) is 5.75 Å². The van der Waals surface area contributed by atoms with Crippen LogP contribution in [0.4, 0.5) is 0 Å². The maximum Gasteiger partial charge on any atom is 0.251 e. The zero-order valence-electron chi connectivity index (χ0n) is 13.5. The summed E-state index contributed by atoms with van der Waals surface area (Å²) >= 11 is 0. The highest BCUT2D eigenvalue weighted by Gasteiger charge is 2.09. The highest BCUT2D eigenvalue weighted by molar-refractivity contribution is 5.94. The van der Waals surface area contributed by atoms with Crippen LogP contribution in [-0.2, 0) is 6.54 Å². The lowest BCUT2D eigenvalue weighted by molar-refractivity contribution is 0.0950. The molecule has 0 bridgehead atoms. The van der Waals surface area contributed by atoms with Gasteiger partial charge in [0.2, 0.25) is 0 Å². The highest BCUT2D eigenvalue weighted by atomic mass is 16.5. The van der Waals surface area contributed by atoms with Crippen molar-refractivity contribution in [3.05, 3.63) is 59.4 Å². The monoisotopic (exact) mass is 324 g/mol. The summed E-state index contributed by atoms with van der Waals surface area (Å²) in [5.41, 5.74) is 9.87. The summed E-state index contributed by atoms with van der Waals surface area (Å²) in [5, 5.41) is 2.92. The van der Waals surface area contributed by atoms with Gasteiger partial charge in [0.05, 0.1) is 17.4 Å². The molecule has 0 unspecified atom stereocenters. The number of benzene rings is 2. The number of carbonyl (C=O) groups excluding carboxylic acids is 1. The van der Waals surface area contributed by atoms with Gasteiger partial charge in [0.25, 0.3) is 5.91 Å². The van der Waals surface area contributed by atoms with E-state index in [9.17, 15) is 4.79 Å². The van der Waals surface area contributed by atoms with Crippen molar-refractivity contribution in [2.45, 2.75) is 13.5 Å². The molecule has 6 heteroatoms. The number of nitrogens with zero attached hydrogens (tertiary/aromatic N) is 1. The number of carbonyl (C=O) groups is 1. The second kappa shape index (κ2) is 7.14. The molecule has 124 valence electrons. The van der Waals surface area contributed by atoms with E-state index in [1.165, 1.54) is 0 Å². The maximum atomic E-state index is 12.4. The zero-order chi connectivity index (χ0) is 16.9. The molecular weight excluding hydrogens is 304 g/mol. The molecule has 3 aromatic rings. The summed E-state index contributed by atoms with van der Waals surface area (Å²) < 4.78 is 5.56. The van der Waals surface area contributed by atoms with Gasteiger partial charge in [-0.25, -0.2) is 4.98 Å². The number of ether oxygens (including phenoxy) is 1. The first kappa shape index (κ1) is 16.0. The van der Waals surface area contributed by atoms with Gasteiger partial charge in [-0.2, -0.15) is 0 Å². The number of H-pyrrole nitrogens is 1. The van der Waals surface area contributed by atoms with Crippen molar-refractivity contribution in [3.63, 3.8) is 0 Å². The van der Waals surface area contributed by atoms with Crippen LogP contribution in [0, 0.1) is 6.92 Å². The van der Waals surface area contributed by atoms with Crippen LogP contribution >= 0.6 is 0 Å². The number of nitrogens with two attached hydrogens (primary N) is 1. The first-order valence-electron chi connectivity index (χ1n) is 7.81. The van der Waals surface area contributed by atoms with E-state index >= 15 is 0 Å². The Bertz CT molecular complexity index is 857. The first-order chi connectivity index (χ1) is 11.7. The van der Waals surface area contributed by atoms with Crippen LogP contribution in [0.1, 0.15) is 21.5 Å². The summed E-state index contributed by atoms with van der Waals surface area (Å²) in [7, 11) is 0. The smallest absolute Gasteiger partial charge is 0.251 e. The largest absolute Gasteiger partial charge is 0.492 e. The van der Waals surface area contributed by atoms with Gasteiger partial charge in [-0.3, -0.25) is 4.79 Å². The summed E-state index contributed by atoms with van der Waals surface area (Å²) in [6.45, 7) is 3.25. The summed E-state index contributed by atoms with van der Waals surface area (Å²) in [5.74, 6) is 0.546. The molecule has 0 saturated carbocycles. The third-order valence-electron chi connectivity index (χ3n) is 3.76. The molecule has 0 radical (unpaired) electrons. The molecule has 0 fully saturated rings. The average Bonchev–Trinajstić information content (AvgIpc) is 3.06. The van der Waals surface area contributed by atoms with Crippen LogP contribution in [-0.4, -0.2) is 29.0 Å². The summed E-state index contributed by atoms with van der Waals surface area (Å²) in [4.78, 5) is 19.6. The SMILES string of the molecule is Cc1ccc(C(=O)NCc2ccc3nc[nH]c3c2)cc1OCCN. The van der Waals surface area contributed by atoms with E-state index in [1.807, 2.05) is 31.2 Å². The fourth-order valence-electron chi connectivity index (χ4n) is 2.44. The van der Waals surface area contributed by atoms with Gasteiger partial charge >= 0.3 is 0 Å². The predicted octanol–water partition coefficient (Wildman–Crippen LogP) is 2.14. The Morgan fingerprint density at radius 1 is 1.29 bits per heavy atom. The van der Waals surface area contributed by atoms with Crippen LogP contribution in [0.3, 0.4) is 0 Å². The Labute approximate surface area is 140 Å². The molecule has 24 heavy (non-hydrogen) atoms. The van der Waals surface area contributed by atoms with Gasteiger partial charge in [0.1, 0.15) is 12.4 Å². The van der Waals surface area contributed by atoms with Crippen LogP contribution in [0.5, 0.6) is 5.75 Å². The molecule has 3 rings (SSSR count). The minimum atomic E-state index is -0.141. The first-order valence-corrected chi connectivity index (χ1v) is 7.81. The van der Waals surface area contributed by atoms with E-state index in [0.29, 0.717) is 31.0 Å². The Morgan fingerprint density at radius 3 is 3.00 bits per heavy atom. The molecule has 1 amide bonds. The Morgan fingerprint density at radius 2 is 2.17 bits per heavy atom. The van der Waals surface area contributed by atoms with Gasteiger partial charge in [-0.05, 0) is 42.3 Å². The summed E-state index contributed by atoms with van der Waals surface area (Å²) in [6.07, 6.45) is 1.65. The fraction of sp³-hybridized carbons (Fsp3) is 0.222. The second-order valence-corrected chi connectivity index (χ2v) is 5.55. The predicted molar refractivity (Wildman–Crippen MR) is 93.0 cm³/mol. The lowest BCUT2D eigenvalue weighted by Gasteiger charge is -2.11. The van der Waals surface area contributed by atoms with Gasteiger partial charge in [-0.15, -0.1) is 0 Å². The molecule has 4 N–H and O–H groups in total. The van der Waals surface area contributed by atoms with Crippen LogP contribution < -0.4 is 15.8 Å². The van der Waals surface area contributed by atoms with Gasteiger partial charge in [0, 0.05) is 18.7 Å². The lowest BCUT2D eigenvalue weighted by atomic mass is 10.1. The maximum absolute atomic E-state index is 12.4. The molecule has 1 heterocycles. The van der Waals surface area contributed by atoms with E-state index in [-0.39, 0.29) is 5.91 Å². The van der Waals surface area contributed by atoms with Crippen LogP contribution in [0.2, 0.25) is 0 Å². The van der Waals surface area contributed by atoms with Crippen molar-refractivity contribution < 1.29 is 9.53 Å². The molecule has 0 aliphatic rings. The number of rotatable bonds is 6. The van der Waals surface area contributed by atoms with Gasteiger partial charge < -0.3 is 20.8 Å². The summed E-state index contributed by atoms with van der Waals surface area (Å²) in [6, 6.07) is 11.3. The molecule has 0 atom stereocenters. The highest BCUT2D eigenvalue weighted by Crippen LogP contribution is 2.19. The van der Waals surface area contributed by atoms with E-state index < -0.39 is 0 Å².